The summed E-state index contributed by atoms with van der Waals surface area (Å²) in [6, 6.07) is 8.07. The molecule has 0 aliphatic rings. The Morgan fingerprint density at radius 3 is 2.76 bits per heavy atom. The highest BCUT2D eigenvalue weighted by molar-refractivity contribution is 5.48. The molecular weight excluding hydrogens is 262 g/mol. The molecule has 0 atom stereocenters. The van der Waals surface area contributed by atoms with E-state index in [0.29, 0.717) is 0 Å². The van der Waals surface area contributed by atoms with E-state index in [1.54, 1.807) is 0 Å². The minimum absolute atomic E-state index is 0.0200. The van der Waals surface area contributed by atoms with E-state index in [1.807, 2.05) is 35.1 Å². The molecule has 0 aliphatic carbocycles. The van der Waals surface area contributed by atoms with E-state index in [9.17, 15) is 0 Å². The standard InChI is InChI=1S/C17H25N3O/c1-5-9-21-16-8-6-7-15(10-16)18-11-14-12-19-20(13-14)17(2,3)4/h6-8,10,12-13,18H,5,9,11H2,1-4H3. The average molecular weight is 287 g/mol. The molecular formula is C17H25N3O. The van der Waals surface area contributed by atoms with E-state index in [2.05, 4.69) is 44.3 Å². The first kappa shape index (κ1) is 15.4. The monoisotopic (exact) mass is 287 g/mol. The Morgan fingerprint density at radius 2 is 2.10 bits per heavy atom. The van der Waals surface area contributed by atoms with E-state index in [-0.39, 0.29) is 5.54 Å². The zero-order chi connectivity index (χ0) is 15.3. The van der Waals surface area contributed by atoms with Crippen molar-refractivity contribution in [2.45, 2.75) is 46.2 Å². The zero-order valence-electron chi connectivity index (χ0n) is 13.4. The van der Waals surface area contributed by atoms with Crippen LogP contribution in [0.3, 0.4) is 0 Å². The van der Waals surface area contributed by atoms with Gasteiger partial charge in [-0.25, -0.2) is 0 Å². The molecule has 0 saturated heterocycles. The topological polar surface area (TPSA) is 39.1 Å². The van der Waals surface area contributed by atoms with Crippen LogP contribution in [0.4, 0.5) is 5.69 Å². The van der Waals surface area contributed by atoms with Crippen molar-refractivity contribution >= 4 is 5.69 Å². The molecule has 2 rings (SSSR count). The Kier molecular flexibility index (Phi) is 4.89. The van der Waals surface area contributed by atoms with Crippen molar-refractivity contribution in [1.82, 2.24) is 9.78 Å². The molecule has 0 radical (unpaired) electrons. The second kappa shape index (κ2) is 6.66. The molecule has 0 bridgehead atoms. The van der Waals surface area contributed by atoms with Gasteiger partial charge in [0, 0.05) is 30.1 Å². The highest BCUT2D eigenvalue weighted by Gasteiger charge is 2.13. The minimum Gasteiger partial charge on any atom is -0.494 e. The summed E-state index contributed by atoms with van der Waals surface area (Å²) in [7, 11) is 0. The Labute approximate surface area is 127 Å². The van der Waals surface area contributed by atoms with Gasteiger partial charge in [0.1, 0.15) is 5.75 Å². The second-order valence-electron chi connectivity index (χ2n) is 6.19. The number of hydrogen-bond acceptors (Lipinski definition) is 3. The number of rotatable bonds is 6. The lowest BCUT2D eigenvalue weighted by atomic mass is 10.1. The van der Waals surface area contributed by atoms with Gasteiger partial charge in [-0.1, -0.05) is 13.0 Å². The molecule has 114 valence electrons. The number of nitrogens with zero attached hydrogens (tertiary/aromatic N) is 2. The van der Waals surface area contributed by atoms with E-state index in [0.717, 1.165) is 31.0 Å². The third kappa shape index (κ3) is 4.52. The maximum absolute atomic E-state index is 5.64. The first-order chi connectivity index (χ1) is 9.99. The molecule has 21 heavy (non-hydrogen) atoms. The predicted octanol–water partition coefficient (Wildman–Crippen LogP) is 4.04. The smallest absolute Gasteiger partial charge is 0.121 e. The average Bonchev–Trinajstić information content (AvgIpc) is 2.92. The highest BCUT2D eigenvalue weighted by atomic mass is 16.5. The van der Waals surface area contributed by atoms with E-state index >= 15 is 0 Å². The maximum atomic E-state index is 5.64. The fraction of sp³-hybridized carbons (Fsp3) is 0.471. The summed E-state index contributed by atoms with van der Waals surface area (Å²) in [6.07, 6.45) is 5.02. The fourth-order valence-electron chi connectivity index (χ4n) is 1.94. The van der Waals surface area contributed by atoms with Gasteiger partial charge in [-0.2, -0.15) is 5.10 Å². The molecule has 0 spiro atoms. The molecule has 1 heterocycles. The number of hydrogen-bond donors (Lipinski definition) is 1. The van der Waals surface area contributed by atoms with Crippen molar-refractivity contribution in [1.29, 1.82) is 0 Å². The quantitative estimate of drug-likeness (QED) is 0.871. The Hall–Kier alpha value is -1.97. The summed E-state index contributed by atoms with van der Waals surface area (Å²) in [6.45, 7) is 10.0. The number of ether oxygens (including phenoxy) is 1. The van der Waals surface area contributed by atoms with E-state index in [1.165, 1.54) is 5.56 Å². The van der Waals surface area contributed by atoms with Crippen molar-refractivity contribution in [3.05, 3.63) is 42.2 Å². The molecule has 1 N–H and O–H groups in total. The third-order valence-electron chi connectivity index (χ3n) is 3.13. The number of anilines is 1. The highest BCUT2D eigenvalue weighted by Crippen LogP contribution is 2.19. The number of nitrogens with one attached hydrogen (secondary N) is 1. The van der Waals surface area contributed by atoms with Crippen LogP contribution >= 0.6 is 0 Å². The van der Waals surface area contributed by atoms with Crippen LogP contribution in [0.25, 0.3) is 0 Å². The molecule has 0 amide bonds. The largest absolute Gasteiger partial charge is 0.494 e. The summed E-state index contributed by atoms with van der Waals surface area (Å²) in [4.78, 5) is 0. The van der Waals surface area contributed by atoms with Crippen LogP contribution in [0.5, 0.6) is 5.75 Å². The number of benzene rings is 1. The van der Waals surface area contributed by atoms with Crippen LogP contribution in [0.2, 0.25) is 0 Å². The normalized spacial score (nSPS) is 11.4. The first-order valence-electron chi connectivity index (χ1n) is 7.50. The summed E-state index contributed by atoms with van der Waals surface area (Å²) < 4.78 is 7.63. The van der Waals surface area contributed by atoms with Crippen LogP contribution in [0, 0.1) is 0 Å². The Balaban J connectivity index is 1.95. The molecule has 0 fully saturated rings. The minimum atomic E-state index is 0.0200. The van der Waals surface area contributed by atoms with Crippen molar-refractivity contribution in [3.63, 3.8) is 0 Å². The zero-order valence-corrected chi connectivity index (χ0v) is 13.4. The Morgan fingerprint density at radius 1 is 1.29 bits per heavy atom. The predicted molar refractivity (Wildman–Crippen MR) is 86.8 cm³/mol. The van der Waals surface area contributed by atoms with Gasteiger partial charge in [0.15, 0.2) is 0 Å². The van der Waals surface area contributed by atoms with Gasteiger partial charge in [-0.3, -0.25) is 4.68 Å². The van der Waals surface area contributed by atoms with Crippen LogP contribution in [-0.2, 0) is 12.1 Å². The molecule has 4 nitrogen and oxygen atoms in total. The van der Waals surface area contributed by atoms with Gasteiger partial charge in [0.25, 0.3) is 0 Å². The van der Waals surface area contributed by atoms with E-state index in [4.69, 9.17) is 4.74 Å². The lowest BCUT2D eigenvalue weighted by Gasteiger charge is -2.18. The molecule has 1 aromatic carbocycles. The van der Waals surface area contributed by atoms with Crippen molar-refractivity contribution in [3.8, 4) is 5.75 Å². The molecule has 0 aliphatic heterocycles. The van der Waals surface area contributed by atoms with E-state index < -0.39 is 0 Å². The van der Waals surface area contributed by atoms with Gasteiger partial charge in [-0.15, -0.1) is 0 Å². The molecule has 2 aromatic rings. The van der Waals surface area contributed by atoms with Gasteiger partial charge >= 0.3 is 0 Å². The van der Waals surface area contributed by atoms with Crippen LogP contribution in [0.15, 0.2) is 36.7 Å². The van der Waals surface area contributed by atoms with Gasteiger partial charge < -0.3 is 10.1 Å². The van der Waals surface area contributed by atoms with Crippen molar-refractivity contribution in [2.24, 2.45) is 0 Å². The first-order valence-corrected chi connectivity index (χ1v) is 7.50. The summed E-state index contributed by atoms with van der Waals surface area (Å²) in [5, 5.41) is 7.82. The van der Waals surface area contributed by atoms with Gasteiger partial charge in [-0.05, 0) is 39.3 Å². The lowest BCUT2D eigenvalue weighted by Crippen LogP contribution is -2.21. The molecule has 0 unspecified atom stereocenters. The molecule has 1 aromatic heterocycles. The molecule has 4 heteroatoms. The van der Waals surface area contributed by atoms with Gasteiger partial charge in [0.2, 0.25) is 0 Å². The maximum Gasteiger partial charge on any atom is 0.121 e. The SMILES string of the molecule is CCCOc1cccc(NCc2cnn(C(C)(C)C)c2)c1. The molecule has 0 saturated carbocycles. The van der Waals surface area contributed by atoms with Crippen molar-refractivity contribution in [2.75, 3.05) is 11.9 Å². The Bertz CT molecular complexity index is 569. The second-order valence-corrected chi connectivity index (χ2v) is 6.19. The lowest BCUT2D eigenvalue weighted by molar-refractivity contribution is 0.317. The van der Waals surface area contributed by atoms with Gasteiger partial charge in [0.05, 0.1) is 18.3 Å². The van der Waals surface area contributed by atoms with Crippen LogP contribution in [-0.4, -0.2) is 16.4 Å². The number of aromatic nitrogens is 2. The third-order valence-corrected chi connectivity index (χ3v) is 3.13. The fourth-order valence-corrected chi connectivity index (χ4v) is 1.94. The van der Waals surface area contributed by atoms with Crippen molar-refractivity contribution < 1.29 is 4.74 Å². The summed E-state index contributed by atoms with van der Waals surface area (Å²) in [5.74, 6) is 0.909. The van der Waals surface area contributed by atoms with Crippen LogP contribution < -0.4 is 10.1 Å². The van der Waals surface area contributed by atoms with Crippen LogP contribution in [0.1, 0.15) is 39.7 Å². The summed E-state index contributed by atoms with van der Waals surface area (Å²) >= 11 is 0. The summed E-state index contributed by atoms with van der Waals surface area (Å²) in [5.41, 5.74) is 2.25.